The summed E-state index contributed by atoms with van der Waals surface area (Å²) in [5.74, 6) is -0.700. The first kappa shape index (κ1) is 22.2. The van der Waals surface area contributed by atoms with Gasteiger partial charge in [-0.2, -0.15) is 0 Å². The molecule has 0 saturated carbocycles. The zero-order valence-corrected chi connectivity index (χ0v) is 17.7. The molecule has 0 radical (unpaired) electrons. The molecule has 0 aliphatic carbocycles. The predicted molar refractivity (Wildman–Crippen MR) is 119 cm³/mol. The highest BCUT2D eigenvalue weighted by molar-refractivity contribution is 5.96. The highest BCUT2D eigenvalue weighted by atomic mass is 16.5. The Morgan fingerprint density at radius 1 is 1.13 bits per heavy atom. The highest BCUT2D eigenvalue weighted by Gasteiger charge is 2.21. The van der Waals surface area contributed by atoms with Gasteiger partial charge in [0, 0.05) is 23.8 Å². The lowest BCUT2D eigenvalue weighted by molar-refractivity contribution is 0.201. The molecule has 31 heavy (non-hydrogen) atoms. The molecule has 7 heteroatoms. The van der Waals surface area contributed by atoms with Crippen LogP contribution in [0.3, 0.4) is 0 Å². The fourth-order valence-corrected chi connectivity index (χ4v) is 3.56. The zero-order valence-electron chi connectivity index (χ0n) is 17.7. The van der Waals surface area contributed by atoms with E-state index in [0.29, 0.717) is 24.0 Å². The van der Waals surface area contributed by atoms with E-state index in [-0.39, 0.29) is 45.6 Å². The summed E-state index contributed by atoms with van der Waals surface area (Å²) < 4.78 is 11.1. The van der Waals surface area contributed by atoms with Gasteiger partial charge in [0.1, 0.15) is 28.1 Å². The van der Waals surface area contributed by atoms with E-state index in [1.54, 1.807) is 6.92 Å². The van der Waals surface area contributed by atoms with Gasteiger partial charge in [-0.3, -0.25) is 4.79 Å². The van der Waals surface area contributed by atoms with Crippen LogP contribution in [0.4, 0.5) is 0 Å². The Morgan fingerprint density at radius 3 is 2.45 bits per heavy atom. The fraction of sp³-hybridized carbons (Fsp3) is 0.292. The van der Waals surface area contributed by atoms with Gasteiger partial charge in [0.25, 0.3) is 0 Å². The van der Waals surface area contributed by atoms with Crippen molar-refractivity contribution >= 4 is 21.9 Å². The molecule has 1 atom stereocenters. The van der Waals surface area contributed by atoms with Crippen LogP contribution >= 0.6 is 0 Å². The molecule has 164 valence electrons. The maximum absolute atomic E-state index is 13.3. The lowest BCUT2D eigenvalue weighted by Crippen LogP contribution is -2.08. The zero-order chi connectivity index (χ0) is 22.9. The summed E-state index contributed by atoms with van der Waals surface area (Å²) in [6.07, 6.45) is 2.72. The third-order valence-corrected chi connectivity index (χ3v) is 5.30. The van der Waals surface area contributed by atoms with Crippen molar-refractivity contribution in [1.29, 1.82) is 0 Å². The Bertz CT molecular complexity index is 1250. The Kier molecular flexibility index (Phi) is 6.27. The molecule has 0 amide bonds. The number of allylic oxidation sites excluding steroid dienone is 2. The minimum atomic E-state index is -0.586. The third-order valence-electron chi connectivity index (χ3n) is 5.30. The van der Waals surface area contributed by atoms with Crippen molar-refractivity contribution in [1.82, 2.24) is 0 Å². The largest absolute Gasteiger partial charge is 0.508 e. The molecule has 0 spiro atoms. The summed E-state index contributed by atoms with van der Waals surface area (Å²) in [6.45, 7) is 7.43. The van der Waals surface area contributed by atoms with Gasteiger partial charge < -0.3 is 29.6 Å². The quantitative estimate of drug-likeness (QED) is 0.329. The van der Waals surface area contributed by atoms with Crippen molar-refractivity contribution in [2.75, 3.05) is 7.11 Å². The van der Waals surface area contributed by atoms with Gasteiger partial charge in [-0.25, -0.2) is 0 Å². The minimum Gasteiger partial charge on any atom is -0.508 e. The van der Waals surface area contributed by atoms with E-state index in [1.165, 1.54) is 19.2 Å². The second kappa shape index (κ2) is 8.73. The molecule has 2 aromatic carbocycles. The van der Waals surface area contributed by atoms with Crippen LogP contribution in [0.2, 0.25) is 0 Å². The standard InChI is InChI=1S/C24H26O7/c1-12(2)16(26)8-6-13(3)5-7-15-21-20(11-18(28)24(15)30-4)31-19-10-14(25)9-17(27)22(19)23(21)29/h5,9-11,16,25-28H,1,6-8H2,2-4H3/b13-5+/t16-/m1/s1. The van der Waals surface area contributed by atoms with Gasteiger partial charge in [0.2, 0.25) is 5.43 Å². The molecule has 7 nitrogen and oxygen atoms in total. The molecule has 0 aliphatic heterocycles. The van der Waals surface area contributed by atoms with E-state index in [1.807, 2.05) is 13.0 Å². The number of phenolic OH excluding ortho intramolecular Hbond substituents is 3. The van der Waals surface area contributed by atoms with E-state index < -0.39 is 17.3 Å². The molecular weight excluding hydrogens is 400 g/mol. The average molecular weight is 426 g/mol. The monoisotopic (exact) mass is 426 g/mol. The van der Waals surface area contributed by atoms with Gasteiger partial charge in [-0.05, 0) is 33.1 Å². The molecule has 3 aromatic rings. The number of benzene rings is 2. The van der Waals surface area contributed by atoms with Crippen LogP contribution < -0.4 is 10.2 Å². The van der Waals surface area contributed by atoms with Crippen molar-refractivity contribution in [2.24, 2.45) is 0 Å². The highest BCUT2D eigenvalue weighted by Crippen LogP contribution is 2.39. The van der Waals surface area contributed by atoms with Gasteiger partial charge in [0.15, 0.2) is 11.5 Å². The van der Waals surface area contributed by atoms with Crippen molar-refractivity contribution in [3.05, 3.63) is 57.8 Å². The number of methoxy groups -OCH3 is 1. The average Bonchev–Trinajstić information content (AvgIpc) is 2.68. The molecule has 4 N–H and O–H groups in total. The Balaban J connectivity index is 2.15. The van der Waals surface area contributed by atoms with Crippen molar-refractivity contribution in [3.63, 3.8) is 0 Å². The van der Waals surface area contributed by atoms with Crippen molar-refractivity contribution in [2.45, 2.75) is 39.2 Å². The summed E-state index contributed by atoms with van der Waals surface area (Å²) in [7, 11) is 1.39. The topological polar surface area (TPSA) is 120 Å². The van der Waals surface area contributed by atoms with Crippen LogP contribution in [0.25, 0.3) is 21.9 Å². The lowest BCUT2D eigenvalue weighted by Gasteiger charge is -2.14. The summed E-state index contributed by atoms with van der Waals surface area (Å²) in [6, 6.07) is 3.58. The van der Waals surface area contributed by atoms with Crippen molar-refractivity contribution in [3.8, 4) is 23.0 Å². The van der Waals surface area contributed by atoms with E-state index in [0.717, 1.165) is 11.6 Å². The van der Waals surface area contributed by atoms with E-state index in [2.05, 4.69) is 6.58 Å². The normalized spacial score (nSPS) is 13.0. The molecular formula is C24H26O7. The molecule has 1 aromatic heterocycles. The predicted octanol–water partition coefficient (Wildman–Crippen LogP) is 4.28. The number of phenols is 3. The molecule has 3 rings (SSSR count). The van der Waals surface area contributed by atoms with Crippen LogP contribution in [-0.2, 0) is 6.42 Å². The summed E-state index contributed by atoms with van der Waals surface area (Å²) >= 11 is 0. The first-order valence-electron chi connectivity index (χ1n) is 9.84. The van der Waals surface area contributed by atoms with Crippen LogP contribution in [0, 0.1) is 0 Å². The lowest BCUT2D eigenvalue weighted by atomic mass is 9.98. The summed E-state index contributed by atoms with van der Waals surface area (Å²) in [5.41, 5.74) is 1.72. The maximum Gasteiger partial charge on any atom is 0.204 e. The van der Waals surface area contributed by atoms with Crippen LogP contribution in [0.5, 0.6) is 23.0 Å². The first-order valence-corrected chi connectivity index (χ1v) is 9.84. The van der Waals surface area contributed by atoms with Gasteiger partial charge in [-0.15, -0.1) is 0 Å². The maximum atomic E-state index is 13.3. The Labute approximate surface area is 179 Å². The number of rotatable bonds is 7. The van der Waals surface area contributed by atoms with E-state index in [4.69, 9.17) is 9.15 Å². The molecule has 0 fully saturated rings. The Hall–Kier alpha value is -3.45. The fourth-order valence-electron chi connectivity index (χ4n) is 3.56. The van der Waals surface area contributed by atoms with Crippen LogP contribution in [0.1, 0.15) is 32.3 Å². The number of fused-ring (bicyclic) bond motifs is 2. The number of aliphatic hydroxyl groups is 1. The van der Waals surface area contributed by atoms with Gasteiger partial charge in [0.05, 0.1) is 18.6 Å². The van der Waals surface area contributed by atoms with Crippen LogP contribution in [-0.4, -0.2) is 33.6 Å². The second-order valence-electron chi connectivity index (χ2n) is 7.71. The Morgan fingerprint density at radius 2 is 1.81 bits per heavy atom. The SMILES string of the molecule is C=C(C)[C@H](O)CC/C(C)=C/Cc1c(OC)c(O)cc2oc3cc(O)cc(O)c3c(=O)c12. The first-order chi connectivity index (χ1) is 14.6. The number of hydrogen-bond donors (Lipinski definition) is 4. The smallest absolute Gasteiger partial charge is 0.204 e. The van der Waals surface area contributed by atoms with Crippen LogP contribution in [0.15, 0.2) is 51.2 Å². The van der Waals surface area contributed by atoms with Gasteiger partial charge >= 0.3 is 0 Å². The number of aromatic hydroxyl groups is 3. The van der Waals surface area contributed by atoms with E-state index in [9.17, 15) is 25.2 Å². The molecule has 1 heterocycles. The molecule has 0 saturated heterocycles. The molecule has 0 aliphatic rings. The number of ether oxygens (including phenoxy) is 1. The summed E-state index contributed by atoms with van der Waals surface area (Å²) in [4.78, 5) is 13.3. The van der Waals surface area contributed by atoms with E-state index >= 15 is 0 Å². The van der Waals surface area contributed by atoms with Gasteiger partial charge in [-0.1, -0.05) is 23.8 Å². The summed E-state index contributed by atoms with van der Waals surface area (Å²) in [5, 5.41) is 40.4. The molecule has 0 unspecified atom stereocenters. The number of hydrogen-bond acceptors (Lipinski definition) is 7. The third kappa shape index (κ3) is 4.36. The molecule has 0 bridgehead atoms. The second-order valence-corrected chi connectivity index (χ2v) is 7.71. The number of aliphatic hydroxyl groups excluding tert-OH is 1. The van der Waals surface area contributed by atoms with Crippen molar-refractivity contribution < 1.29 is 29.6 Å². The minimum absolute atomic E-state index is 0.00558.